The molecule has 0 unspecified atom stereocenters. The lowest BCUT2D eigenvalue weighted by Crippen LogP contribution is -2.34. The van der Waals surface area contributed by atoms with Crippen LogP contribution in [-0.2, 0) is 0 Å². The van der Waals surface area contributed by atoms with E-state index in [1.165, 1.54) is 5.56 Å². The summed E-state index contributed by atoms with van der Waals surface area (Å²) in [5.41, 5.74) is 4.52. The Balaban J connectivity index is 1.54. The largest absolute Gasteiger partial charge is 0.436 e. The number of aromatic nitrogens is 1. The predicted molar refractivity (Wildman–Crippen MR) is 141 cm³/mol. The Hall–Kier alpha value is -2.74. The van der Waals surface area contributed by atoms with Crippen LogP contribution in [-0.4, -0.2) is 16.0 Å². The third kappa shape index (κ3) is 5.43. The van der Waals surface area contributed by atoms with Gasteiger partial charge in [-0.25, -0.2) is 4.98 Å². The second-order valence-corrected chi connectivity index (χ2v) is 9.40. The molecule has 0 fully saturated rings. The minimum absolute atomic E-state index is 0.134. The Bertz CT molecular complexity index is 1350. The van der Waals surface area contributed by atoms with Crippen LogP contribution in [0.4, 0.5) is 5.69 Å². The van der Waals surface area contributed by atoms with Crippen molar-refractivity contribution in [3.8, 4) is 11.5 Å². The number of fused-ring (bicyclic) bond motifs is 1. The minimum atomic E-state index is -0.322. The molecule has 0 bridgehead atoms. The molecule has 1 aromatic heterocycles. The molecule has 33 heavy (non-hydrogen) atoms. The van der Waals surface area contributed by atoms with Gasteiger partial charge in [0.25, 0.3) is 5.91 Å². The molecule has 4 aromatic rings. The number of hydrogen-bond acceptors (Lipinski definition) is 4. The summed E-state index contributed by atoms with van der Waals surface area (Å²) in [6.07, 6.45) is 1.06. The Morgan fingerprint density at radius 3 is 2.76 bits per heavy atom. The van der Waals surface area contributed by atoms with Crippen molar-refractivity contribution in [3.63, 3.8) is 0 Å². The molecular weight excluding hydrogens is 522 g/mol. The summed E-state index contributed by atoms with van der Waals surface area (Å²) in [5.74, 6) is 0.612. The number of oxazole rings is 1. The Kier molecular flexibility index (Phi) is 7.12. The molecule has 4 rings (SSSR count). The van der Waals surface area contributed by atoms with E-state index >= 15 is 0 Å². The highest BCUT2D eigenvalue weighted by Crippen LogP contribution is 2.31. The summed E-state index contributed by atoms with van der Waals surface area (Å²) in [6, 6.07) is 18.5. The molecule has 1 atom stereocenters. The van der Waals surface area contributed by atoms with E-state index in [-0.39, 0.29) is 11.0 Å². The fourth-order valence-electron chi connectivity index (χ4n) is 3.32. The fraction of sp³-hybridized carbons (Fsp3) is 0.160. The van der Waals surface area contributed by atoms with E-state index in [0.29, 0.717) is 28.1 Å². The van der Waals surface area contributed by atoms with Crippen molar-refractivity contribution in [1.82, 2.24) is 10.3 Å². The molecule has 0 radical (unpaired) electrons. The first-order valence-corrected chi connectivity index (χ1v) is 12.0. The van der Waals surface area contributed by atoms with Gasteiger partial charge in [0.05, 0.1) is 10.7 Å². The molecule has 0 aliphatic rings. The molecule has 0 aliphatic carbocycles. The normalized spacial score (nSPS) is 11.9. The molecule has 168 valence electrons. The molecule has 8 heteroatoms. The first-order valence-electron chi connectivity index (χ1n) is 10.4. The second kappa shape index (κ2) is 10.0. The van der Waals surface area contributed by atoms with Gasteiger partial charge in [-0.3, -0.25) is 10.1 Å². The summed E-state index contributed by atoms with van der Waals surface area (Å²) in [4.78, 5) is 17.1. The number of rotatable bonds is 5. The van der Waals surface area contributed by atoms with Crippen molar-refractivity contribution in [2.24, 2.45) is 0 Å². The molecule has 0 saturated carbocycles. The summed E-state index contributed by atoms with van der Waals surface area (Å²) < 4.78 is 6.77. The van der Waals surface area contributed by atoms with Gasteiger partial charge in [-0.2, -0.15) is 0 Å². The van der Waals surface area contributed by atoms with Crippen molar-refractivity contribution in [2.75, 3.05) is 5.32 Å². The van der Waals surface area contributed by atoms with E-state index in [9.17, 15) is 4.79 Å². The lowest BCUT2D eigenvalue weighted by atomic mass is 9.98. The van der Waals surface area contributed by atoms with Gasteiger partial charge in [0.1, 0.15) is 5.52 Å². The third-order valence-electron chi connectivity index (χ3n) is 5.37. The van der Waals surface area contributed by atoms with E-state index in [2.05, 4.69) is 57.5 Å². The number of thiocarbonyl (C=S) groups is 1. The SMILES string of the molecule is CC[C@@H](C)c1ccc2oc(-c3ccc(Cl)c(NC(=S)NC(=O)c4cccc(Br)c4)c3)nc2c1. The van der Waals surface area contributed by atoms with Gasteiger partial charge in [0.15, 0.2) is 10.7 Å². The van der Waals surface area contributed by atoms with Crippen LogP contribution in [0.3, 0.4) is 0 Å². The summed E-state index contributed by atoms with van der Waals surface area (Å²) in [6.45, 7) is 4.36. The quantitative estimate of drug-likeness (QED) is 0.255. The number of carbonyl (C=O) groups is 1. The fourth-order valence-corrected chi connectivity index (χ4v) is 4.09. The standard InChI is InChI=1S/C25H21BrClN3O2S/c1-3-14(2)15-8-10-22-21(12-15)28-24(32-22)17-7-9-19(27)20(13-17)29-25(33)30-23(31)16-5-4-6-18(26)11-16/h4-14H,3H2,1-2H3,(H2,29,30,31,33)/t14-/m1/s1. The number of nitrogens with zero attached hydrogens (tertiary/aromatic N) is 1. The number of amides is 1. The Morgan fingerprint density at radius 1 is 1.18 bits per heavy atom. The number of carbonyl (C=O) groups excluding carboxylic acids is 1. The number of anilines is 1. The molecule has 0 saturated heterocycles. The van der Waals surface area contributed by atoms with Crippen LogP contribution in [0.25, 0.3) is 22.6 Å². The molecule has 3 aromatic carbocycles. The highest BCUT2D eigenvalue weighted by atomic mass is 79.9. The Morgan fingerprint density at radius 2 is 2.00 bits per heavy atom. The molecular formula is C25H21BrClN3O2S. The number of benzene rings is 3. The van der Waals surface area contributed by atoms with Gasteiger partial charge in [0.2, 0.25) is 5.89 Å². The van der Waals surface area contributed by atoms with E-state index < -0.39 is 0 Å². The van der Waals surface area contributed by atoms with Crippen molar-refractivity contribution in [1.29, 1.82) is 0 Å². The summed E-state index contributed by atoms with van der Waals surface area (Å²) >= 11 is 15.0. The minimum Gasteiger partial charge on any atom is -0.436 e. The number of halogens is 2. The maximum absolute atomic E-state index is 12.4. The van der Waals surface area contributed by atoms with Crippen LogP contribution in [0.2, 0.25) is 5.02 Å². The van der Waals surface area contributed by atoms with Crippen LogP contribution in [0.15, 0.2) is 69.6 Å². The monoisotopic (exact) mass is 541 g/mol. The summed E-state index contributed by atoms with van der Waals surface area (Å²) in [5, 5.41) is 6.24. The van der Waals surface area contributed by atoms with Crippen LogP contribution in [0, 0.1) is 0 Å². The topological polar surface area (TPSA) is 67.2 Å². The van der Waals surface area contributed by atoms with Gasteiger partial charge in [-0.1, -0.05) is 53.5 Å². The van der Waals surface area contributed by atoms with Gasteiger partial charge < -0.3 is 9.73 Å². The lowest BCUT2D eigenvalue weighted by molar-refractivity contribution is 0.0977. The van der Waals surface area contributed by atoms with Crippen LogP contribution in [0.5, 0.6) is 0 Å². The zero-order valence-corrected chi connectivity index (χ0v) is 21.1. The van der Waals surface area contributed by atoms with Gasteiger partial charge in [0, 0.05) is 15.6 Å². The number of hydrogen-bond donors (Lipinski definition) is 2. The van der Waals surface area contributed by atoms with Crippen LogP contribution >= 0.6 is 39.7 Å². The highest BCUT2D eigenvalue weighted by Gasteiger charge is 2.14. The molecule has 0 spiro atoms. The number of nitrogens with one attached hydrogen (secondary N) is 2. The molecule has 1 heterocycles. The Labute approximate surface area is 210 Å². The van der Waals surface area contributed by atoms with E-state index in [1.54, 1.807) is 30.3 Å². The maximum atomic E-state index is 12.4. The van der Waals surface area contributed by atoms with Crippen molar-refractivity contribution >= 4 is 67.6 Å². The molecule has 5 nitrogen and oxygen atoms in total. The van der Waals surface area contributed by atoms with E-state index in [4.69, 9.17) is 28.2 Å². The predicted octanol–water partition coefficient (Wildman–Crippen LogP) is 7.55. The van der Waals surface area contributed by atoms with E-state index in [0.717, 1.165) is 27.6 Å². The zero-order valence-electron chi connectivity index (χ0n) is 18.0. The van der Waals surface area contributed by atoms with Crippen LogP contribution < -0.4 is 10.6 Å². The molecule has 0 aliphatic heterocycles. The van der Waals surface area contributed by atoms with Gasteiger partial charge >= 0.3 is 0 Å². The smallest absolute Gasteiger partial charge is 0.257 e. The van der Waals surface area contributed by atoms with Crippen molar-refractivity contribution in [3.05, 3.63) is 81.3 Å². The lowest BCUT2D eigenvalue weighted by Gasteiger charge is -2.12. The summed E-state index contributed by atoms with van der Waals surface area (Å²) in [7, 11) is 0. The van der Waals surface area contributed by atoms with Gasteiger partial charge in [-0.15, -0.1) is 0 Å². The van der Waals surface area contributed by atoms with Crippen LogP contribution in [0.1, 0.15) is 42.1 Å². The molecule has 2 N–H and O–H groups in total. The second-order valence-electron chi connectivity index (χ2n) is 7.67. The van der Waals surface area contributed by atoms with E-state index in [1.807, 2.05) is 18.2 Å². The average molecular weight is 543 g/mol. The maximum Gasteiger partial charge on any atom is 0.257 e. The first kappa shape index (κ1) is 23.4. The molecule has 1 amide bonds. The first-order chi connectivity index (χ1) is 15.8. The third-order valence-corrected chi connectivity index (χ3v) is 6.40. The van der Waals surface area contributed by atoms with Crippen molar-refractivity contribution < 1.29 is 9.21 Å². The zero-order chi connectivity index (χ0) is 23.5. The highest BCUT2D eigenvalue weighted by molar-refractivity contribution is 9.10. The van der Waals surface area contributed by atoms with Crippen molar-refractivity contribution in [2.45, 2.75) is 26.2 Å². The van der Waals surface area contributed by atoms with Gasteiger partial charge in [-0.05, 0) is 78.7 Å². The average Bonchev–Trinajstić information content (AvgIpc) is 3.23.